The molecule has 0 unspecified atom stereocenters. The molecule has 1 aromatic carbocycles. The third kappa shape index (κ3) is 4.21. The highest BCUT2D eigenvalue weighted by Crippen LogP contribution is 2.33. The van der Waals surface area contributed by atoms with Gasteiger partial charge in [0.1, 0.15) is 0 Å². The molecular weight excluding hydrogens is 302 g/mol. The van der Waals surface area contributed by atoms with E-state index in [-0.39, 0.29) is 11.7 Å². The Kier molecular flexibility index (Phi) is 6.85. The molecule has 5 nitrogen and oxygen atoms in total. The lowest BCUT2D eigenvalue weighted by Crippen LogP contribution is -2.15. The number of hydrogen-bond donors (Lipinski definition) is 2. The molecular formula is C16H21NO4S. The first-order valence-electron chi connectivity index (χ1n) is 6.68. The normalized spacial score (nSPS) is 12.3. The summed E-state index contributed by atoms with van der Waals surface area (Å²) in [5, 5.41) is 1.50. The van der Waals surface area contributed by atoms with Crippen molar-refractivity contribution in [3.63, 3.8) is 0 Å². The number of carbonyl (C=O) groups is 1. The lowest BCUT2D eigenvalue weighted by molar-refractivity contribution is -0.142. The third-order valence-corrected chi connectivity index (χ3v) is 3.10. The SMILES string of the molecule is COc1ccc(C(=C/S)/C(=C/N)C(=O)OC(C)C)cc1OC. The second-order valence-corrected chi connectivity index (χ2v) is 4.91. The van der Waals surface area contributed by atoms with Crippen LogP contribution in [0.15, 0.2) is 35.4 Å². The van der Waals surface area contributed by atoms with E-state index >= 15 is 0 Å². The van der Waals surface area contributed by atoms with Gasteiger partial charge < -0.3 is 19.9 Å². The molecule has 0 spiro atoms. The first kappa shape index (κ1) is 18.0. The number of ether oxygens (including phenoxy) is 3. The predicted molar refractivity (Wildman–Crippen MR) is 90.0 cm³/mol. The third-order valence-electron chi connectivity index (χ3n) is 2.84. The van der Waals surface area contributed by atoms with E-state index in [9.17, 15) is 4.79 Å². The number of nitrogens with two attached hydrogens (primary N) is 1. The van der Waals surface area contributed by atoms with E-state index in [1.807, 2.05) is 0 Å². The standard InChI is InChI=1S/C16H21NO4S/c1-10(2)21-16(18)12(8-17)13(9-22)11-5-6-14(19-3)15(7-11)20-4/h5-10,22H,17H2,1-4H3/b12-8-,13-9-. The van der Waals surface area contributed by atoms with Crippen LogP contribution < -0.4 is 15.2 Å². The molecule has 0 saturated heterocycles. The minimum atomic E-state index is -0.507. The summed E-state index contributed by atoms with van der Waals surface area (Å²) < 4.78 is 15.7. The first-order valence-corrected chi connectivity index (χ1v) is 7.20. The smallest absolute Gasteiger partial charge is 0.340 e. The van der Waals surface area contributed by atoms with Crippen molar-refractivity contribution < 1.29 is 19.0 Å². The van der Waals surface area contributed by atoms with E-state index in [4.69, 9.17) is 19.9 Å². The van der Waals surface area contributed by atoms with Gasteiger partial charge in [-0.1, -0.05) is 6.07 Å². The van der Waals surface area contributed by atoms with Gasteiger partial charge in [-0.05, 0) is 37.0 Å². The quantitative estimate of drug-likeness (QED) is 0.364. The number of thiol groups is 1. The van der Waals surface area contributed by atoms with Crippen molar-refractivity contribution in [1.29, 1.82) is 0 Å². The Morgan fingerprint density at radius 3 is 2.32 bits per heavy atom. The van der Waals surface area contributed by atoms with Gasteiger partial charge in [0.15, 0.2) is 11.5 Å². The van der Waals surface area contributed by atoms with E-state index in [0.29, 0.717) is 22.6 Å². The zero-order valence-corrected chi connectivity index (χ0v) is 14.0. The summed E-state index contributed by atoms with van der Waals surface area (Å²) in [5.41, 5.74) is 7.08. The van der Waals surface area contributed by atoms with Gasteiger partial charge in [0.05, 0.1) is 25.9 Å². The predicted octanol–water partition coefficient (Wildman–Crippen LogP) is 2.77. The van der Waals surface area contributed by atoms with Crippen LogP contribution in [-0.4, -0.2) is 26.3 Å². The van der Waals surface area contributed by atoms with Gasteiger partial charge in [-0.15, -0.1) is 0 Å². The van der Waals surface area contributed by atoms with Crippen LogP contribution in [0.25, 0.3) is 5.57 Å². The Bertz CT molecular complexity index is 594. The van der Waals surface area contributed by atoms with Gasteiger partial charge in [-0.3, -0.25) is 0 Å². The van der Waals surface area contributed by atoms with Crippen molar-refractivity contribution in [2.24, 2.45) is 5.73 Å². The van der Waals surface area contributed by atoms with Crippen LogP contribution in [0.3, 0.4) is 0 Å². The second-order valence-electron chi connectivity index (χ2n) is 4.65. The van der Waals surface area contributed by atoms with Gasteiger partial charge in [-0.25, -0.2) is 4.79 Å². The first-order chi connectivity index (χ1) is 10.5. The maximum absolute atomic E-state index is 12.1. The van der Waals surface area contributed by atoms with Gasteiger partial charge in [0.2, 0.25) is 0 Å². The molecule has 0 aromatic heterocycles. The number of methoxy groups -OCH3 is 2. The molecule has 22 heavy (non-hydrogen) atoms. The number of hydrogen-bond acceptors (Lipinski definition) is 6. The highest BCUT2D eigenvalue weighted by Gasteiger charge is 2.19. The lowest BCUT2D eigenvalue weighted by atomic mass is 9.99. The van der Waals surface area contributed by atoms with E-state index < -0.39 is 5.97 Å². The van der Waals surface area contributed by atoms with Crippen molar-refractivity contribution >= 4 is 24.2 Å². The van der Waals surface area contributed by atoms with Crippen LogP contribution in [0.1, 0.15) is 19.4 Å². The fraction of sp³-hybridized carbons (Fsp3) is 0.312. The molecule has 0 saturated carbocycles. The molecule has 0 atom stereocenters. The van der Waals surface area contributed by atoms with E-state index in [1.54, 1.807) is 46.3 Å². The fourth-order valence-corrected chi connectivity index (χ4v) is 2.14. The summed E-state index contributed by atoms with van der Waals surface area (Å²) in [6, 6.07) is 5.27. The molecule has 0 fully saturated rings. The summed E-state index contributed by atoms with van der Waals surface area (Å²) in [7, 11) is 3.09. The van der Waals surface area contributed by atoms with Gasteiger partial charge >= 0.3 is 5.97 Å². The van der Waals surface area contributed by atoms with Crippen molar-refractivity contribution in [3.8, 4) is 11.5 Å². The minimum Gasteiger partial charge on any atom is -0.493 e. The van der Waals surface area contributed by atoms with Crippen LogP contribution in [0.4, 0.5) is 0 Å². The lowest BCUT2D eigenvalue weighted by Gasteiger charge is -2.15. The van der Waals surface area contributed by atoms with Crippen molar-refractivity contribution in [3.05, 3.63) is 40.9 Å². The summed E-state index contributed by atoms with van der Waals surface area (Å²) in [6.45, 7) is 3.54. The van der Waals surface area contributed by atoms with Crippen LogP contribution >= 0.6 is 12.6 Å². The van der Waals surface area contributed by atoms with Crippen LogP contribution in [0.5, 0.6) is 11.5 Å². The van der Waals surface area contributed by atoms with Crippen LogP contribution in [-0.2, 0) is 9.53 Å². The summed E-state index contributed by atoms with van der Waals surface area (Å²) >= 11 is 4.18. The minimum absolute atomic E-state index is 0.232. The molecule has 0 amide bonds. The summed E-state index contributed by atoms with van der Waals surface area (Å²) in [6.07, 6.45) is 0.970. The van der Waals surface area contributed by atoms with E-state index in [1.165, 1.54) is 11.6 Å². The van der Waals surface area contributed by atoms with Gasteiger partial charge in [0, 0.05) is 11.8 Å². The number of benzene rings is 1. The number of rotatable bonds is 6. The fourth-order valence-electron chi connectivity index (χ4n) is 1.85. The molecule has 0 aliphatic carbocycles. The molecule has 2 N–H and O–H groups in total. The molecule has 1 rings (SSSR count). The molecule has 6 heteroatoms. The topological polar surface area (TPSA) is 70.8 Å². The maximum Gasteiger partial charge on any atom is 0.340 e. The Morgan fingerprint density at radius 1 is 1.23 bits per heavy atom. The van der Waals surface area contributed by atoms with Crippen LogP contribution in [0, 0.1) is 0 Å². The zero-order chi connectivity index (χ0) is 16.7. The molecule has 0 bridgehead atoms. The van der Waals surface area contributed by atoms with Crippen molar-refractivity contribution in [2.45, 2.75) is 20.0 Å². The van der Waals surface area contributed by atoms with Crippen molar-refractivity contribution in [1.82, 2.24) is 0 Å². The van der Waals surface area contributed by atoms with E-state index in [2.05, 4.69) is 12.6 Å². The average molecular weight is 323 g/mol. The van der Waals surface area contributed by atoms with Crippen LogP contribution in [0.2, 0.25) is 0 Å². The van der Waals surface area contributed by atoms with Gasteiger partial charge in [-0.2, -0.15) is 12.6 Å². The van der Waals surface area contributed by atoms with E-state index in [0.717, 1.165) is 0 Å². The maximum atomic E-state index is 12.1. The Hall–Kier alpha value is -2.08. The second kappa shape index (κ2) is 8.38. The number of carbonyl (C=O) groups excluding carboxylic acids is 1. The molecule has 0 radical (unpaired) electrons. The summed E-state index contributed by atoms with van der Waals surface area (Å²) in [4.78, 5) is 12.1. The average Bonchev–Trinajstić information content (AvgIpc) is 2.50. The number of esters is 1. The Morgan fingerprint density at radius 2 is 1.86 bits per heavy atom. The molecule has 0 heterocycles. The Labute approximate surface area is 136 Å². The largest absolute Gasteiger partial charge is 0.493 e. The summed E-state index contributed by atoms with van der Waals surface area (Å²) in [5.74, 6) is 0.627. The molecule has 0 aliphatic rings. The molecule has 120 valence electrons. The monoisotopic (exact) mass is 323 g/mol. The highest BCUT2D eigenvalue weighted by molar-refractivity contribution is 7.83. The van der Waals surface area contributed by atoms with Gasteiger partial charge in [0.25, 0.3) is 0 Å². The van der Waals surface area contributed by atoms with Crippen molar-refractivity contribution in [2.75, 3.05) is 14.2 Å². The highest BCUT2D eigenvalue weighted by atomic mass is 32.1. The Balaban J connectivity index is 3.23. The molecule has 0 aliphatic heterocycles. The zero-order valence-electron chi connectivity index (χ0n) is 13.1. The molecule has 1 aromatic rings.